The van der Waals surface area contributed by atoms with Gasteiger partial charge < -0.3 is 10.2 Å². The quantitative estimate of drug-likeness (QED) is 0.918. The molecule has 2 aliphatic heterocycles. The molecule has 0 bridgehead atoms. The molecule has 0 aromatic heterocycles. The third-order valence-electron chi connectivity index (χ3n) is 5.70. The molecule has 0 saturated heterocycles. The van der Waals surface area contributed by atoms with Gasteiger partial charge in [0.2, 0.25) is 0 Å². The number of carbonyl (C=O) groups is 2. The number of benzene rings is 1. The smallest absolute Gasteiger partial charge is 0.322 e. The highest BCUT2D eigenvalue weighted by Gasteiger charge is 2.44. The van der Waals surface area contributed by atoms with E-state index in [4.69, 9.17) is 0 Å². The van der Waals surface area contributed by atoms with E-state index < -0.39 is 0 Å². The van der Waals surface area contributed by atoms with E-state index in [0.717, 1.165) is 23.2 Å². The lowest BCUT2D eigenvalue weighted by Gasteiger charge is -2.32. The van der Waals surface area contributed by atoms with E-state index in [9.17, 15) is 9.59 Å². The first-order chi connectivity index (χ1) is 11.8. The van der Waals surface area contributed by atoms with E-state index in [2.05, 4.69) is 45.1 Å². The number of rotatable bonds is 3. The maximum atomic E-state index is 13.1. The third-order valence-corrected chi connectivity index (χ3v) is 5.70. The number of nitrogens with zero attached hydrogens (tertiary/aromatic N) is 2. The standard InChI is InChI=1S/C20H27N3O2/c1-7-14(5)23-10-16-17(19(23)24)18(21-20(25)22(16)6)15-9-12(3)11(2)8-13(15)4/h8-9,14,18H,7,10H2,1-6H3,(H,21,25)/t14-,18+/m0/s1. The minimum absolute atomic E-state index is 0.0406. The summed E-state index contributed by atoms with van der Waals surface area (Å²) >= 11 is 0. The van der Waals surface area contributed by atoms with Crippen LogP contribution in [0.3, 0.4) is 0 Å². The SMILES string of the molecule is CC[C@H](C)N1CC2=C(C1=O)[C@@H](c1cc(C)c(C)cc1C)NC(=O)N2C. The summed E-state index contributed by atoms with van der Waals surface area (Å²) in [5.41, 5.74) is 6.04. The average molecular weight is 341 g/mol. The van der Waals surface area contributed by atoms with Crippen LogP contribution in [-0.2, 0) is 4.79 Å². The van der Waals surface area contributed by atoms with Gasteiger partial charge in [0.1, 0.15) is 0 Å². The van der Waals surface area contributed by atoms with Gasteiger partial charge in [0.05, 0.1) is 23.9 Å². The van der Waals surface area contributed by atoms with Crippen molar-refractivity contribution >= 4 is 11.9 Å². The Balaban J connectivity index is 2.10. The number of aryl methyl sites for hydroxylation is 3. The second kappa shape index (κ2) is 6.21. The molecule has 0 fully saturated rings. The van der Waals surface area contributed by atoms with E-state index in [1.165, 1.54) is 11.1 Å². The number of carbonyl (C=O) groups excluding carboxylic acids is 2. The van der Waals surface area contributed by atoms with Crippen molar-refractivity contribution in [2.24, 2.45) is 0 Å². The number of likely N-dealkylation sites (N-methyl/N-ethyl adjacent to an activating group) is 1. The highest BCUT2D eigenvalue weighted by atomic mass is 16.2. The van der Waals surface area contributed by atoms with Crippen LogP contribution in [0.4, 0.5) is 4.79 Å². The van der Waals surface area contributed by atoms with Crippen molar-refractivity contribution in [3.05, 3.63) is 45.7 Å². The lowest BCUT2D eigenvalue weighted by atomic mass is 9.90. The van der Waals surface area contributed by atoms with Crippen LogP contribution in [0.15, 0.2) is 23.4 Å². The minimum atomic E-state index is -0.375. The molecule has 0 unspecified atom stereocenters. The summed E-state index contributed by atoms with van der Waals surface area (Å²) in [5.74, 6) is 0.0406. The molecule has 1 aromatic carbocycles. The van der Waals surface area contributed by atoms with Crippen LogP contribution in [0, 0.1) is 20.8 Å². The van der Waals surface area contributed by atoms with Gasteiger partial charge in [-0.1, -0.05) is 19.1 Å². The topological polar surface area (TPSA) is 52.7 Å². The molecule has 2 aliphatic rings. The predicted molar refractivity (Wildman–Crippen MR) is 98.2 cm³/mol. The van der Waals surface area contributed by atoms with Crippen LogP contribution in [0.25, 0.3) is 0 Å². The van der Waals surface area contributed by atoms with E-state index >= 15 is 0 Å². The Morgan fingerprint density at radius 2 is 1.80 bits per heavy atom. The Morgan fingerprint density at radius 3 is 2.44 bits per heavy atom. The Kier molecular flexibility index (Phi) is 4.35. The molecule has 2 heterocycles. The second-order valence-electron chi connectivity index (χ2n) is 7.29. The van der Waals surface area contributed by atoms with Crippen molar-refractivity contribution in [1.82, 2.24) is 15.1 Å². The second-order valence-corrected chi connectivity index (χ2v) is 7.29. The molecule has 3 amide bonds. The molecule has 1 aromatic rings. The van der Waals surface area contributed by atoms with Gasteiger partial charge in [-0.15, -0.1) is 0 Å². The Bertz CT molecular complexity index is 781. The lowest BCUT2D eigenvalue weighted by Crippen LogP contribution is -2.45. The van der Waals surface area contributed by atoms with Gasteiger partial charge in [-0.2, -0.15) is 0 Å². The normalized spacial score (nSPS) is 21.6. The maximum Gasteiger partial charge on any atom is 0.322 e. The zero-order chi connectivity index (χ0) is 18.5. The third kappa shape index (κ3) is 2.71. The summed E-state index contributed by atoms with van der Waals surface area (Å²) < 4.78 is 0. The molecule has 5 heteroatoms. The van der Waals surface area contributed by atoms with Gasteiger partial charge in [-0.3, -0.25) is 9.69 Å². The van der Waals surface area contributed by atoms with Crippen LogP contribution in [-0.4, -0.2) is 41.4 Å². The summed E-state index contributed by atoms with van der Waals surface area (Å²) in [6.45, 7) is 10.8. The number of nitrogens with one attached hydrogen (secondary N) is 1. The van der Waals surface area contributed by atoms with Crippen LogP contribution in [0.2, 0.25) is 0 Å². The van der Waals surface area contributed by atoms with Crippen LogP contribution in [0.1, 0.15) is 48.6 Å². The van der Waals surface area contributed by atoms with E-state index in [1.807, 2.05) is 11.8 Å². The van der Waals surface area contributed by atoms with Crippen molar-refractivity contribution in [3.8, 4) is 0 Å². The Labute approximate surface area is 149 Å². The van der Waals surface area contributed by atoms with Crippen molar-refractivity contribution in [2.45, 2.75) is 53.1 Å². The van der Waals surface area contributed by atoms with Gasteiger partial charge in [-0.25, -0.2) is 4.79 Å². The highest BCUT2D eigenvalue weighted by Crippen LogP contribution is 2.38. The van der Waals surface area contributed by atoms with E-state index in [0.29, 0.717) is 12.1 Å². The van der Waals surface area contributed by atoms with Crippen molar-refractivity contribution < 1.29 is 9.59 Å². The maximum absolute atomic E-state index is 13.1. The van der Waals surface area contributed by atoms with Gasteiger partial charge in [-0.05, 0) is 56.4 Å². The number of amides is 3. The molecule has 5 nitrogen and oxygen atoms in total. The number of hydrogen-bond acceptors (Lipinski definition) is 2. The molecule has 2 atom stereocenters. The van der Waals surface area contributed by atoms with E-state index in [1.54, 1.807) is 11.9 Å². The molecule has 0 aliphatic carbocycles. The Hall–Kier alpha value is -2.30. The van der Waals surface area contributed by atoms with Crippen molar-refractivity contribution in [3.63, 3.8) is 0 Å². The zero-order valence-electron chi connectivity index (χ0n) is 15.9. The first-order valence-corrected chi connectivity index (χ1v) is 8.92. The fourth-order valence-corrected chi connectivity index (χ4v) is 3.69. The lowest BCUT2D eigenvalue weighted by molar-refractivity contribution is -0.127. The fraction of sp³-hybridized carbons (Fsp3) is 0.500. The molecule has 0 saturated carbocycles. The minimum Gasteiger partial charge on any atom is -0.330 e. The monoisotopic (exact) mass is 341 g/mol. The largest absolute Gasteiger partial charge is 0.330 e. The van der Waals surface area contributed by atoms with Crippen LogP contribution >= 0.6 is 0 Å². The van der Waals surface area contributed by atoms with E-state index in [-0.39, 0.29) is 24.0 Å². The van der Waals surface area contributed by atoms with Crippen molar-refractivity contribution in [2.75, 3.05) is 13.6 Å². The summed E-state index contributed by atoms with van der Waals surface area (Å²) in [5, 5.41) is 3.03. The summed E-state index contributed by atoms with van der Waals surface area (Å²) in [6.07, 6.45) is 0.894. The first kappa shape index (κ1) is 17.5. The number of urea groups is 1. The van der Waals surface area contributed by atoms with Gasteiger partial charge >= 0.3 is 6.03 Å². The fourth-order valence-electron chi connectivity index (χ4n) is 3.69. The molecule has 3 rings (SSSR count). The molecular formula is C20H27N3O2. The van der Waals surface area contributed by atoms with Gasteiger partial charge in [0.15, 0.2) is 0 Å². The molecule has 0 spiro atoms. The molecule has 134 valence electrons. The summed E-state index contributed by atoms with van der Waals surface area (Å²) in [7, 11) is 1.74. The highest BCUT2D eigenvalue weighted by molar-refractivity contribution is 6.01. The molecule has 0 radical (unpaired) electrons. The molecular weight excluding hydrogens is 314 g/mol. The van der Waals surface area contributed by atoms with Crippen LogP contribution in [0.5, 0.6) is 0 Å². The van der Waals surface area contributed by atoms with Gasteiger partial charge in [0, 0.05) is 13.1 Å². The molecule has 25 heavy (non-hydrogen) atoms. The molecule has 1 N–H and O–H groups in total. The Morgan fingerprint density at radius 1 is 1.16 bits per heavy atom. The average Bonchev–Trinajstić information content (AvgIpc) is 2.92. The van der Waals surface area contributed by atoms with Crippen LogP contribution < -0.4 is 5.32 Å². The van der Waals surface area contributed by atoms with Crippen molar-refractivity contribution in [1.29, 1.82) is 0 Å². The summed E-state index contributed by atoms with van der Waals surface area (Å²) in [4.78, 5) is 29.1. The first-order valence-electron chi connectivity index (χ1n) is 8.92. The predicted octanol–water partition coefficient (Wildman–Crippen LogP) is 3.20. The zero-order valence-corrected chi connectivity index (χ0v) is 15.9. The summed E-state index contributed by atoms with van der Waals surface area (Å²) in [6, 6.07) is 3.86. The number of hydrogen-bond donors (Lipinski definition) is 1. The van der Waals surface area contributed by atoms with Gasteiger partial charge in [0.25, 0.3) is 5.91 Å².